The van der Waals surface area contributed by atoms with Gasteiger partial charge in [-0.25, -0.2) is 0 Å². The number of carbonyl (C=O) groups is 1. The second-order valence-electron chi connectivity index (χ2n) is 4.56. The van der Waals surface area contributed by atoms with Crippen LogP contribution in [0.15, 0.2) is 11.6 Å². The first-order valence-corrected chi connectivity index (χ1v) is 6.00. The molecule has 1 fully saturated rings. The second kappa shape index (κ2) is 5.31. The van der Waals surface area contributed by atoms with Crippen molar-refractivity contribution in [3.05, 3.63) is 11.6 Å². The van der Waals surface area contributed by atoms with Gasteiger partial charge in [-0.3, -0.25) is 4.79 Å². The van der Waals surface area contributed by atoms with Gasteiger partial charge in [0, 0.05) is 19.5 Å². The van der Waals surface area contributed by atoms with Gasteiger partial charge in [-0.1, -0.05) is 11.6 Å². The fraction of sp³-hybridized carbons (Fsp3) is 0.750. The van der Waals surface area contributed by atoms with Gasteiger partial charge in [-0.05, 0) is 38.1 Å². The van der Waals surface area contributed by atoms with Crippen LogP contribution in [-0.4, -0.2) is 25.5 Å². The van der Waals surface area contributed by atoms with Crippen molar-refractivity contribution in [3.8, 4) is 0 Å². The molecule has 1 heterocycles. The third-order valence-electron chi connectivity index (χ3n) is 3.10. The van der Waals surface area contributed by atoms with Crippen LogP contribution in [0.4, 0.5) is 0 Å². The predicted octanol–water partition coefficient (Wildman–Crippen LogP) is 1.21. The lowest BCUT2D eigenvalue weighted by Crippen LogP contribution is -2.26. The molecule has 0 bridgehead atoms. The highest BCUT2D eigenvalue weighted by atomic mass is 16.1. The van der Waals surface area contributed by atoms with Gasteiger partial charge in [0.1, 0.15) is 0 Å². The van der Waals surface area contributed by atoms with Crippen molar-refractivity contribution in [2.24, 2.45) is 5.92 Å². The topological polar surface area (TPSA) is 41.1 Å². The maximum Gasteiger partial charge on any atom is 0.220 e. The highest BCUT2D eigenvalue weighted by molar-refractivity contribution is 5.76. The highest BCUT2D eigenvalue weighted by Crippen LogP contribution is 2.32. The number of nitrogens with one attached hydrogen (secondary N) is 2. The molecule has 1 saturated carbocycles. The first kappa shape index (κ1) is 10.7. The van der Waals surface area contributed by atoms with Crippen LogP contribution < -0.4 is 10.6 Å². The summed E-state index contributed by atoms with van der Waals surface area (Å²) in [5, 5.41) is 6.29. The second-order valence-corrected chi connectivity index (χ2v) is 4.56. The molecule has 0 aromatic carbocycles. The van der Waals surface area contributed by atoms with Gasteiger partial charge in [-0.2, -0.15) is 0 Å². The summed E-state index contributed by atoms with van der Waals surface area (Å²) in [6.07, 6.45) is 7.67. The Balaban J connectivity index is 1.56. The number of carbonyl (C=O) groups excluding carboxylic acids is 1. The van der Waals surface area contributed by atoms with Crippen molar-refractivity contribution in [2.45, 2.75) is 32.1 Å². The molecule has 3 nitrogen and oxygen atoms in total. The van der Waals surface area contributed by atoms with Crippen molar-refractivity contribution in [1.82, 2.24) is 10.6 Å². The van der Waals surface area contributed by atoms with E-state index in [1.807, 2.05) is 0 Å². The van der Waals surface area contributed by atoms with Crippen LogP contribution >= 0.6 is 0 Å². The minimum absolute atomic E-state index is 0.243. The van der Waals surface area contributed by atoms with E-state index in [2.05, 4.69) is 16.7 Å². The summed E-state index contributed by atoms with van der Waals surface area (Å²) in [6, 6.07) is 0. The molecule has 3 heteroatoms. The normalized spacial score (nSPS) is 20.9. The summed E-state index contributed by atoms with van der Waals surface area (Å²) in [5.41, 5.74) is 1.49. The lowest BCUT2D eigenvalue weighted by molar-refractivity contribution is -0.121. The van der Waals surface area contributed by atoms with Crippen LogP contribution in [0.2, 0.25) is 0 Å². The van der Waals surface area contributed by atoms with Crippen molar-refractivity contribution in [2.75, 3.05) is 19.6 Å². The number of amides is 1. The zero-order chi connectivity index (χ0) is 10.5. The van der Waals surface area contributed by atoms with Gasteiger partial charge in [0.25, 0.3) is 0 Å². The smallest absolute Gasteiger partial charge is 0.220 e. The van der Waals surface area contributed by atoms with Gasteiger partial charge < -0.3 is 10.6 Å². The average Bonchev–Trinajstić information content (AvgIpc) is 3.03. The molecule has 2 N–H and O–H groups in total. The van der Waals surface area contributed by atoms with E-state index in [0.717, 1.165) is 38.9 Å². The zero-order valence-electron chi connectivity index (χ0n) is 9.22. The van der Waals surface area contributed by atoms with Crippen molar-refractivity contribution >= 4 is 5.91 Å². The van der Waals surface area contributed by atoms with Crippen molar-refractivity contribution < 1.29 is 4.79 Å². The molecule has 2 rings (SSSR count). The standard InChI is InChI=1S/C12H20N2O/c15-12(9-11-1-2-11)14-8-5-10-3-6-13-7-4-10/h3,11,13H,1-2,4-9H2,(H,14,15). The number of hydrogen-bond donors (Lipinski definition) is 2. The molecular formula is C12H20N2O. The van der Waals surface area contributed by atoms with Crippen LogP contribution in [0.5, 0.6) is 0 Å². The van der Waals surface area contributed by atoms with Crippen LogP contribution in [0, 0.1) is 5.92 Å². The molecular weight excluding hydrogens is 188 g/mol. The Bertz CT molecular complexity index is 256. The molecule has 0 aromatic rings. The Morgan fingerprint density at radius 2 is 2.40 bits per heavy atom. The van der Waals surface area contributed by atoms with Crippen LogP contribution in [0.25, 0.3) is 0 Å². The molecule has 15 heavy (non-hydrogen) atoms. The van der Waals surface area contributed by atoms with Gasteiger partial charge in [-0.15, -0.1) is 0 Å². The summed E-state index contributed by atoms with van der Waals surface area (Å²) in [5.74, 6) is 0.940. The zero-order valence-corrected chi connectivity index (χ0v) is 9.22. The van der Waals surface area contributed by atoms with E-state index in [-0.39, 0.29) is 5.91 Å². The van der Waals surface area contributed by atoms with Crippen molar-refractivity contribution in [1.29, 1.82) is 0 Å². The summed E-state index contributed by atoms with van der Waals surface area (Å²) in [4.78, 5) is 11.4. The molecule has 0 unspecified atom stereocenters. The summed E-state index contributed by atoms with van der Waals surface area (Å²) >= 11 is 0. The molecule has 1 aliphatic carbocycles. The van der Waals surface area contributed by atoms with Gasteiger partial charge in [0.05, 0.1) is 0 Å². The average molecular weight is 208 g/mol. The Hall–Kier alpha value is -0.830. The lowest BCUT2D eigenvalue weighted by Gasteiger charge is -2.14. The third-order valence-corrected chi connectivity index (χ3v) is 3.10. The Morgan fingerprint density at radius 1 is 1.53 bits per heavy atom. The molecule has 0 saturated heterocycles. The Labute approximate surface area is 91.3 Å². The maximum atomic E-state index is 11.4. The van der Waals surface area contributed by atoms with E-state index in [1.165, 1.54) is 18.4 Å². The summed E-state index contributed by atoms with van der Waals surface area (Å²) in [7, 11) is 0. The largest absolute Gasteiger partial charge is 0.356 e. The Morgan fingerprint density at radius 3 is 3.07 bits per heavy atom. The van der Waals surface area contributed by atoms with E-state index in [4.69, 9.17) is 0 Å². The lowest BCUT2D eigenvalue weighted by atomic mass is 10.1. The predicted molar refractivity (Wildman–Crippen MR) is 60.5 cm³/mol. The fourth-order valence-corrected chi connectivity index (χ4v) is 1.92. The van der Waals surface area contributed by atoms with E-state index in [0.29, 0.717) is 5.92 Å². The molecule has 0 radical (unpaired) electrons. The highest BCUT2D eigenvalue weighted by Gasteiger charge is 2.23. The molecule has 0 atom stereocenters. The third kappa shape index (κ3) is 4.04. The molecule has 2 aliphatic rings. The molecule has 0 aromatic heterocycles. The van der Waals surface area contributed by atoms with Gasteiger partial charge in [0.15, 0.2) is 0 Å². The monoisotopic (exact) mass is 208 g/mol. The first-order valence-electron chi connectivity index (χ1n) is 6.00. The number of hydrogen-bond acceptors (Lipinski definition) is 2. The summed E-state index contributed by atoms with van der Waals surface area (Å²) in [6.45, 7) is 2.89. The van der Waals surface area contributed by atoms with Crippen LogP contribution in [0.3, 0.4) is 0 Å². The SMILES string of the molecule is O=C(CC1CC1)NCCC1=CCNCC1. The maximum absolute atomic E-state index is 11.4. The van der Waals surface area contributed by atoms with E-state index >= 15 is 0 Å². The van der Waals surface area contributed by atoms with E-state index < -0.39 is 0 Å². The summed E-state index contributed by atoms with van der Waals surface area (Å²) < 4.78 is 0. The van der Waals surface area contributed by atoms with Gasteiger partial charge >= 0.3 is 0 Å². The molecule has 0 spiro atoms. The fourth-order valence-electron chi connectivity index (χ4n) is 1.92. The van der Waals surface area contributed by atoms with E-state index in [9.17, 15) is 4.79 Å². The van der Waals surface area contributed by atoms with Gasteiger partial charge in [0.2, 0.25) is 5.91 Å². The first-order chi connectivity index (χ1) is 7.34. The quantitative estimate of drug-likeness (QED) is 0.667. The molecule has 84 valence electrons. The number of rotatable bonds is 5. The Kier molecular flexibility index (Phi) is 3.78. The minimum Gasteiger partial charge on any atom is -0.356 e. The van der Waals surface area contributed by atoms with Crippen LogP contribution in [0.1, 0.15) is 32.1 Å². The molecule has 1 aliphatic heterocycles. The van der Waals surface area contributed by atoms with E-state index in [1.54, 1.807) is 0 Å². The van der Waals surface area contributed by atoms with Crippen molar-refractivity contribution in [3.63, 3.8) is 0 Å². The molecule has 1 amide bonds. The minimum atomic E-state index is 0.243. The van der Waals surface area contributed by atoms with Crippen LogP contribution in [-0.2, 0) is 4.79 Å².